The zero-order valence-corrected chi connectivity index (χ0v) is 12.2. The molecule has 1 N–H and O–H groups in total. The van der Waals surface area contributed by atoms with Crippen LogP contribution in [0.2, 0.25) is 0 Å². The summed E-state index contributed by atoms with van der Waals surface area (Å²) in [7, 11) is 0. The summed E-state index contributed by atoms with van der Waals surface area (Å²) >= 11 is 1.65. The van der Waals surface area contributed by atoms with E-state index >= 15 is 0 Å². The number of carbonyl (C=O) groups is 1. The van der Waals surface area contributed by atoms with E-state index in [0.29, 0.717) is 5.92 Å². The normalized spacial score (nSPS) is 11.7. The average molecular weight is 255 g/mol. The highest BCUT2D eigenvalue weighted by atomic mass is 32.1. The molecule has 4 heteroatoms. The van der Waals surface area contributed by atoms with E-state index < -0.39 is 11.7 Å². The van der Waals surface area contributed by atoms with Gasteiger partial charge in [0.25, 0.3) is 0 Å². The van der Waals surface area contributed by atoms with Crippen molar-refractivity contribution < 1.29 is 9.53 Å². The fraction of sp³-hybridized carbons (Fsp3) is 0.615. The van der Waals surface area contributed by atoms with E-state index in [0.717, 1.165) is 5.69 Å². The van der Waals surface area contributed by atoms with Crippen molar-refractivity contribution in [2.45, 2.75) is 53.1 Å². The maximum absolute atomic E-state index is 11.7. The molecule has 0 bridgehead atoms. The molecule has 17 heavy (non-hydrogen) atoms. The van der Waals surface area contributed by atoms with E-state index in [1.54, 1.807) is 11.3 Å². The molecule has 0 spiro atoms. The molecule has 1 aromatic heterocycles. The van der Waals surface area contributed by atoms with Crippen molar-refractivity contribution in [1.29, 1.82) is 0 Å². The van der Waals surface area contributed by atoms with E-state index in [1.807, 2.05) is 26.2 Å². The third-order valence-corrected chi connectivity index (χ3v) is 3.16. The van der Waals surface area contributed by atoms with Gasteiger partial charge < -0.3 is 4.74 Å². The number of hydrogen-bond acceptors (Lipinski definition) is 3. The summed E-state index contributed by atoms with van der Waals surface area (Å²) in [6.07, 6.45) is -0.391. The third kappa shape index (κ3) is 4.04. The SMILES string of the molecule is Cc1scc(NC(=O)OC(C)(C)C)c1C(C)C. The van der Waals surface area contributed by atoms with Gasteiger partial charge in [-0.1, -0.05) is 13.8 Å². The van der Waals surface area contributed by atoms with Crippen LogP contribution in [0.4, 0.5) is 10.5 Å². The Bertz CT molecular complexity index is 402. The minimum atomic E-state index is -0.465. The number of ether oxygens (including phenoxy) is 1. The Morgan fingerprint density at radius 1 is 1.41 bits per heavy atom. The number of thiophene rings is 1. The van der Waals surface area contributed by atoms with Crippen molar-refractivity contribution in [3.8, 4) is 0 Å². The molecule has 0 radical (unpaired) electrons. The fourth-order valence-electron chi connectivity index (χ4n) is 1.69. The lowest BCUT2D eigenvalue weighted by Crippen LogP contribution is -2.27. The van der Waals surface area contributed by atoms with Crippen LogP contribution in [0.25, 0.3) is 0 Å². The average Bonchev–Trinajstić information content (AvgIpc) is 2.42. The molecule has 0 saturated heterocycles. The molecule has 0 aliphatic rings. The fourth-order valence-corrected chi connectivity index (χ4v) is 2.64. The van der Waals surface area contributed by atoms with Crippen molar-refractivity contribution in [3.63, 3.8) is 0 Å². The second-order valence-corrected chi connectivity index (χ2v) is 6.48. The number of aryl methyl sites for hydroxylation is 1. The predicted molar refractivity (Wildman–Crippen MR) is 73.0 cm³/mol. The maximum atomic E-state index is 11.7. The van der Waals surface area contributed by atoms with Crippen molar-refractivity contribution in [3.05, 3.63) is 15.8 Å². The van der Waals surface area contributed by atoms with Gasteiger partial charge >= 0.3 is 6.09 Å². The van der Waals surface area contributed by atoms with Gasteiger partial charge in [0, 0.05) is 10.3 Å². The van der Waals surface area contributed by atoms with Gasteiger partial charge in [-0.2, -0.15) is 0 Å². The number of anilines is 1. The van der Waals surface area contributed by atoms with Crippen LogP contribution in [0.5, 0.6) is 0 Å². The first-order chi connectivity index (χ1) is 7.70. The van der Waals surface area contributed by atoms with Crippen LogP contribution in [0, 0.1) is 6.92 Å². The Balaban J connectivity index is 2.79. The number of carbonyl (C=O) groups excluding carboxylic acids is 1. The molecule has 0 saturated carbocycles. The van der Waals surface area contributed by atoms with Gasteiger partial charge in [0.05, 0.1) is 5.69 Å². The van der Waals surface area contributed by atoms with Crippen molar-refractivity contribution in [2.24, 2.45) is 0 Å². The molecule has 0 aromatic carbocycles. The minimum absolute atomic E-state index is 0.391. The summed E-state index contributed by atoms with van der Waals surface area (Å²) < 4.78 is 5.24. The summed E-state index contributed by atoms with van der Waals surface area (Å²) in [4.78, 5) is 12.9. The topological polar surface area (TPSA) is 38.3 Å². The first-order valence-corrected chi connectivity index (χ1v) is 6.66. The molecule has 0 atom stereocenters. The number of hydrogen-bond donors (Lipinski definition) is 1. The van der Waals surface area contributed by atoms with Crippen molar-refractivity contribution in [2.75, 3.05) is 5.32 Å². The molecule has 1 heterocycles. The summed E-state index contributed by atoms with van der Waals surface area (Å²) in [5.41, 5.74) is 1.60. The van der Waals surface area contributed by atoms with E-state index in [1.165, 1.54) is 10.4 Å². The second kappa shape index (κ2) is 5.08. The second-order valence-electron chi connectivity index (χ2n) is 5.40. The molecule has 1 amide bonds. The summed E-state index contributed by atoms with van der Waals surface area (Å²) in [6, 6.07) is 0. The van der Waals surface area contributed by atoms with Crippen LogP contribution in [-0.2, 0) is 4.74 Å². The first kappa shape index (κ1) is 14.0. The number of rotatable bonds is 2. The Morgan fingerprint density at radius 2 is 2.00 bits per heavy atom. The van der Waals surface area contributed by atoms with Crippen LogP contribution in [0.15, 0.2) is 5.38 Å². The number of nitrogens with one attached hydrogen (secondary N) is 1. The lowest BCUT2D eigenvalue weighted by atomic mass is 10.0. The van der Waals surface area contributed by atoms with Gasteiger partial charge in [-0.15, -0.1) is 11.3 Å². The van der Waals surface area contributed by atoms with Gasteiger partial charge in [0.15, 0.2) is 0 Å². The van der Waals surface area contributed by atoms with E-state index in [2.05, 4.69) is 26.1 Å². The van der Waals surface area contributed by atoms with Gasteiger partial charge in [0.1, 0.15) is 5.60 Å². The van der Waals surface area contributed by atoms with Crippen LogP contribution < -0.4 is 5.32 Å². The number of amides is 1. The molecule has 1 rings (SSSR count). The zero-order valence-electron chi connectivity index (χ0n) is 11.4. The molecular formula is C13H21NO2S. The molecular weight excluding hydrogens is 234 g/mol. The molecule has 0 aliphatic carbocycles. The van der Waals surface area contributed by atoms with Gasteiger partial charge in [0.2, 0.25) is 0 Å². The van der Waals surface area contributed by atoms with Crippen LogP contribution in [-0.4, -0.2) is 11.7 Å². The van der Waals surface area contributed by atoms with E-state index in [-0.39, 0.29) is 0 Å². The highest BCUT2D eigenvalue weighted by molar-refractivity contribution is 7.10. The highest BCUT2D eigenvalue weighted by Crippen LogP contribution is 2.33. The van der Waals surface area contributed by atoms with Crippen LogP contribution in [0.1, 0.15) is 51.0 Å². The largest absolute Gasteiger partial charge is 0.444 e. The summed E-state index contributed by atoms with van der Waals surface area (Å²) in [5, 5.41) is 4.79. The van der Waals surface area contributed by atoms with Gasteiger partial charge in [-0.25, -0.2) is 4.79 Å². The Labute approximate surface area is 107 Å². The Hall–Kier alpha value is -1.03. The van der Waals surface area contributed by atoms with Crippen molar-refractivity contribution >= 4 is 23.1 Å². The van der Waals surface area contributed by atoms with Crippen LogP contribution in [0.3, 0.4) is 0 Å². The van der Waals surface area contributed by atoms with Gasteiger partial charge in [-0.3, -0.25) is 5.32 Å². The van der Waals surface area contributed by atoms with E-state index in [4.69, 9.17) is 4.74 Å². The smallest absolute Gasteiger partial charge is 0.412 e. The molecule has 1 aromatic rings. The highest BCUT2D eigenvalue weighted by Gasteiger charge is 2.19. The quantitative estimate of drug-likeness (QED) is 0.843. The lowest BCUT2D eigenvalue weighted by Gasteiger charge is -2.20. The van der Waals surface area contributed by atoms with E-state index in [9.17, 15) is 4.79 Å². The summed E-state index contributed by atoms with van der Waals surface area (Å²) in [6.45, 7) is 11.9. The standard InChI is InChI=1S/C13H21NO2S/c1-8(2)11-9(3)17-7-10(11)14-12(15)16-13(4,5)6/h7-8H,1-6H3,(H,14,15). The monoisotopic (exact) mass is 255 g/mol. The predicted octanol–water partition coefficient (Wildman–Crippen LogP) is 4.53. The van der Waals surface area contributed by atoms with Crippen LogP contribution >= 0.6 is 11.3 Å². The Morgan fingerprint density at radius 3 is 2.47 bits per heavy atom. The van der Waals surface area contributed by atoms with Gasteiger partial charge in [-0.05, 0) is 39.2 Å². The molecule has 3 nitrogen and oxygen atoms in total. The van der Waals surface area contributed by atoms with Crippen molar-refractivity contribution in [1.82, 2.24) is 0 Å². The maximum Gasteiger partial charge on any atom is 0.412 e. The molecule has 0 fully saturated rings. The molecule has 96 valence electrons. The minimum Gasteiger partial charge on any atom is -0.444 e. The third-order valence-electron chi connectivity index (χ3n) is 2.24. The molecule has 0 unspecified atom stereocenters. The summed E-state index contributed by atoms with van der Waals surface area (Å²) in [5.74, 6) is 0.395. The zero-order chi connectivity index (χ0) is 13.2. The molecule has 0 aliphatic heterocycles. The lowest BCUT2D eigenvalue weighted by molar-refractivity contribution is 0.0636. The Kier molecular flexibility index (Phi) is 4.20. The first-order valence-electron chi connectivity index (χ1n) is 5.78.